The van der Waals surface area contributed by atoms with Gasteiger partial charge in [0.15, 0.2) is 6.04 Å². The Labute approximate surface area is 127 Å². The number of carbonyl (C=O) groups is 1. The Bertz CT molecular complexity index is 510. The van der Waals surface area contributed by atoms with E-state index in [1.54, 1.807) is 0 Å². The van der Waals surface area contributed by atoms with E-state index in [9.17, 15) is 18.0 Å². The highest BCUT2D eigenvalue weighted by atomic mass is 19.4. The lowest BCUT2D eigenvalue weighted by molar-refractivity contribution is -0.190. The lowest BCUT2D eigenvalue weighted by atomic mass is 9.95. The molecule has 122 valence electrons. The number of anilines is 1. The predicted molar refractivity (Wildman–Crippen MR) is 78.0 cm³/mol. The standard InChI is InChI=1S/C15H20F3N3O/c1-21(14(22)11-6-8-20-9-7-11)13(15(16,17)18)10-2-4-12(19)5-3-10/h2-5,11,13,20H,6-9,19H2,1H3/t13-/m0/s1. The lowest BCUT2D eigenvalue weighted by Crippen LogP contribution is -2.45. The molecule has 1 fully saturated rings. The van der Waals surface area contributed by atoms with Crippen molar-refractivity contribution < 1.29 is 18.0 Å². The van der Waals surface area contributed by atoms with Crippen LogP contribution in [0.3, 0.4) is 0 Å². The molecule has 0 aliphatic carbocycles. The van der Waals surface area contributed by atoms with E-state index in [0.29, 0.717) is 31.6 Å². The summed E-state index contributed by atoms with van der Waals surface area (Å²) in [7, 11) is 1.22. The number of piperidine rings is 1. The van der Waals surface area contributed by atoms with E-state index in [2.05, 4.69) is 5.32 Å². The first-order chi connectivity index (χ1) is 10.3. The molecule has 0 radical (unpaired) electrons. The van der Waals surface area contributed by atoms with Gasteiger partial charge in [0.25, 0.3) is 0 Å². The number of nitrogen functional groups attached to an aromatic ring is 1. The Kier molecular flexibility index (Phi) is 4.95. The third kappa shape index (κ3) is 3.71. The summed E-state index contributed by atoms with van der Waals surface area (Å²) in [5, 5.41) is 3.10. The van der Waals surface area contributed by atoms with Crippen molar-refractivity contribution >= 4 is 11.6 Å². The van der Waals surface area contributed by atoms with Crippen LogP contribution in [0.2, 0.25) is 0 Å². The molecule has 22 heavy (non-hydrogen) atoms. The monoisotopic (exact) mass is 315 g/mol. The fraction of sp³-hybridized carbons (Fsp3) is 0.533. The molecule has 2 rings (SSSR count). The number of amides is 1. The number of nitrogens with two attached hydrogens (primary N) is 1. The van der Waals surface area contributed by atoms with Gasteiger partial charge in [-0.1, -0.05) is 12.1 Å². The van der Waals surface area contributed by atoms with Crippen molar-refractivity contribution in [2.45, 2.75) is 25.1 Å². The van der Waals surface area contributed by atoms with E-state index < -0.39 is 18.1 Å². The maximum Gasteiger partial charge on any atom is 0.413 e. The maximum absolute atomic E-state index is 13.4. The van der Waals surface area contributed by atoms with Crippen molar-refractivity contribution in [1.82, 2.24) is 10.2 Å². The topological polar surface area (TPSA) is 58.4 Å². The molecule has 0 spiro atoms. The van der Waals surface area contributed by atoms with Gasteiger partial charge < -0.3 is 16.0 Å². The molecule has 1 amide bonds. The average molecular weight is 315 g/mol. The molecule has 1 heterocycles. The summed E-state index contributed by atoms with van der Waals surface area (Å²) < 4.78 is 40.3. The minimum atomic E-state index is -4.53. The number of rotatable bonds is 3. The van der Waals surface area contributed by atoms with Gasteiger partial charge in [0.05, 0.1) is 0 Å². The van der Waals surface area contributed by atoms with Crippen LogP contribution in [-0.4, -0.2) is 37.1 Å². The van der Waals surface area contributed by atoms with Gasteiger partial charge >= 0.3 is 6.18 Å². The van der Waals surface area contributed by atoms with E-state index >= 15 is 0 Å². The summed E-state index contributed by atoms with van der Waals surface area (Å²) >= 11 is 0. The number of halogens is 3. The Balaban J connectivity index is 2.24. The highest BCUT2D eigenvalue weighted by Gasteiger charge is 2.46. The summed E-state index contributed by atoms with van der Waals surface area (Å²) in [6.07, 6.45) is -3.40. The number of hydrogen-bond donors (Lipinski definition) is 2. The quantitative estimate of drug-likeness (QED) is 0.842. The van der Waals surface area contributed by atoms with Gasteiger partial charge in [0.1, 0.15) is 0 Å². The summed E-state index contributed by atoms with van der Waals surface area (Å²) in [6.45, 7) is 1.31. The SMILES string of the molecule is CN(C(=O)C1CCNCC1)[C@@H](c1ccc(N)cc1)C(F)(F)F. The Morgan fingerprint density at radius 1 is 1.27 bits per heavy atom. The van der Waals surface area contributed by atoms with E-state index in [1.807, 2.05) is 0 Å². The first-order valence-electron chi connectivity index (χ1n) is 7.20. The zero-order chi connectivity index (χ0) is 16.3. The molecule has 0 saturated carbocycles. The van der Waals surface area contributed by atoms with Gasteiger partial charge in [-0.25, -0.2) is 0 Å². The van der Waals surface area contributed by atoms with Crippen molar-refractivity contribution in [3.8, 4) is 0 Å². The molecule has 4 nitrogen and oxygen atoms in total. The van der Waals surface area contributed by atoms with Crippen LogP contribution in [0.4, 0.5) is 18.9 Å². The third-order valence-electron chi connectivity index (χ3n) is 3.99. The van der Waals surface area contributed by atoms with Gasteiger partial charge in [-0.2, -0.15) is 13.2 Å². The van der Waals surface area contributed by atoms with Crippen molar-refractivity contribution in [3.05, 3.63) is 29.8 Å². The molecule has 0 unspecified atom stereocenters. The maximum atomic E-state index is 13.4. The van der Waals surface area contributed by atoms with Crippen LogP contribution >= 0.6 is 0 Å². The molecular weight excluding hydrogens is 295 g/mol. The van der Waals surface area contributed by atoms with Crippen molar-refractivity contribution in [1.29, 1.82) is 0 Å². The van der Waals surface area contributed by atoms with Gasteiger partial charge in [0, 0.05) is 18.7 Å². The van der Waals surface area contributed by atoms with Crippen LogP contribution in [0.25, 0.3) is 0 Å². The molecular formula is C15H20F3N3O. The molecule has 7 heteroatoms. The van der Waals surface area contributed by atoms with Gasteiger partial charge in [-0.15, -0.1) is 0 Å². The largest absolute Gasteiger partial charge is 0.413 e. The molecule has 1 aliphatic rings. The minimum absolute atomic E-state index is 0.0199. The smallest absolute Gasteiger partial charge is 0.399 e. The van der Waals surface area contributed by atoms with Gasteiger partial charge in [0.2, 0.25) is 5.91 Å². The number of hydrogen-bond acceptors (Lipinski definition) is 3. The molecule has 0 aromatic heterocycles. The van der Waals surface area contributed by atoms with Gasteiger partial charge in [-0.3, -0.25) is 4.79 Å². The molecule has 1 atom stereocenters. The van der Waals surface area contributed by atoms with Crippen LogP contribution in [0.5, 0.6) is 0 Å². The van der Waals surface area contributed by atoms with Crippen molar-refractivity contribution in [3.63, 3.8) is 0 Å². The summed E-state index contributed by atoms with van der Waals surface area (Å²) in [4.78, 5) is 13.2. The zero-order valence-corrected chi connectivity index (χ0v) is 12.4. The second-order valence-corrected chi connectivity index (χ2v) is 5.58. The summed E-state index contributed by atoms with van der Waals surface area (Å²) in [5.74, 6) is -0.814. The fourth-order valence-corrected chi connectivity index (χ4v) is 2.79. The summed E-state index contributed by atoms with van der Waals surface area (Å²) in [6, 6.07) is 3.52. The van der Waals surface area contributed by atoms with E-state index in [0.717, 1.165) is 4.90 Å². The first kappa shape index (κ1) is 16.6. The molecule has 1 aliphatic heterocycles. The van der Waals surface area contributed by atoms with E-state index in [1.165, 1.54) is 31.3 Å². The number of alkyl halides is 3. The average Bonchev–Trinajstić information content (AvgIpc) is 2.48. The molecule has 1 saturated heterocycles. The molecule has 3 N–H and O–H groups in total. The predicted octanol–water partition coefficient (Wildman–Crippen LogP) is 2.33. The zero-order valence-electron chi connectivity index (χ0n) is 12.4. The van der Waals surface area contributed by atoms with Crippen LogP contribution < -0.4 is 11.1 Å². The van der Waals surface area contributed by atoms with E-state index in [-0.39, 0.29) is 11.5 Å². The Morgan fingerprint density at radius 3 is 2.32 bits per heavy atom. The van der Waals surface area contributed by atoms with Crippen molar-refractivity contribution in [2.75, 3.05) is 25.9 Å². The summed E-state index contributed by atoms with van der Waals surface area (Å²) in [5.41, 5.74) is 5.93. The first-order valence-corrected chi connectivity index (χ1v) is 7.20. The van der Waals surface area contributed by atoms with Crippen molar-refractivity contribution in [2.24, 2.45) is 5.92 Å². The van der Waals surface area contributed by atoms with Gasteiger partial charge in [-0.05, 0) is 43.6 Å². The highest BCUT2D eigenvalue weighted by Crippen LogP contribution is 2.38. The Morgan fingerprint density at radius 2 is 1.82 bits per heavy atom. The molecule has 1 aromatic carbocycles. The second kappa shape index (κ2) is 6.56. The normalized spacial score (nSPS) is 18.0. The molecule has 0 bridgehead atoms. The number of benzene rings is 1. The number of nitrogens with zero attached hydrogens (tertiary/aromatic N) is 1. The minimum Gasteiger partial charge on any atom is -0.399 e. The van der Waals surface area contributed by atoms with Crippen LogP contribution in [0.1, 0.15) is 24.4 Å². The number of nitrogens with one attached hydrogen (secondary N) is 1. The lowest BCUT2D eigenvalue weighted by Gasteiger charge is -2.34. The number of carbonyl (C=O) groups excluding carboxylic acids is 1. The Hall–Kier alpha value is -1.76. The molecule has 1 aromatic rings. The van der Waals surface area contributed by atoms with Crippen LogP contribution in [0.15, 0.2) is 24.3 Å². The second-order valence-electron chi connectivity index (χ2n) is 5.58. The van der Waals surface area contributed by atoms with Crippen LogP contribution in [0, 0.1) is 5.92 Å². The fourth-order valence-electron chi connectivity index (χ4n) is 2.79. The van der Waals surface area contributed by atoms with E-state index in [4.69, 9.17) is 5.73 Å². The van der Waals surface area contributed by atoms with Crippen LogP contribution in [-0.2, 0) is 4.79 Å². The third-order valence-corrected chi connectivity index (χ3v) is 3.99. The highest BCUT2D eigenvalue weighted by molar-refractivity contribution is 5.79.